The number of hydrogen-bond donors (Lipinski definition) is 1. The Kier molecular flexibility index (Phi) is 3.30. The van der Waals surface area contributed by atoms with Crippen molar-refractivity contribution >= 4 is 5.97 Å². The molecule has 3 aliphatic rings. The van der Waals surface area contributed by atoms with Crippen LogP contribution in [0.1, 0.15) is 52.9 Å². The van der Waals surface area contributed by atoms with Gasteiger partial charge in [-0.15, -0.1) is 0 Å². The molecule has 3 N–H and O–H groups in total. The van der Waals surface area contributed by atoms with Gasteiger partial charge in [0.1, 0.15) is 6.10 Å². The van der Waals surface area contributed by atoms with E-state index in [-0.39, 0.29) is 28.9 Å². The van der Waals surface area contributed by atoms with Crippen LogP contribution in [0.15, 0.2) is 11.1 Å². The van der Waals surface area contributed by atoms with Gasteiger partial charge < -0.3 is 15.3 Å². The second-order valence-corrected chi connectivity index (χ2v) is 6.87. The lowest BCUT2D eigenvalue weighted by Gasteiger charge is -2.53. The van der Waals surface area contributed by atoms with Gasteiger partial charge in [0.15, 0.2) is 0 Å². The predicted molar refractivity (Wildman–Crippen MR) is 71.5 cm³/mol. The van der Waals surface area contributed by atoms with Crippen molar-refractivity contribution < 1.29 is 20.1 Å². The highest BCUT2D eigenvalue weighted by atomic mass is 16.5. The van der Waals surface area contributed by atoms with E-state index >= 15 is 0 Å². The number of hydrogen-bond acceptors (Lipinski definition) is 3. The molecule has 0 aromatic rings. The summed E-state index contributed by atoms with van der Waals surface area (Å²) in [4.78, 5) is 11.7. The maximum absolute atomic E-state index is 11.7. The Labute approximate surface area is 114 Å². The molecule has 19 heavy (non-hydrogen) atoms. The fraction of sp³-hybridized carbons (Fsp3) is 0.800. The minimum absolute atomic E-state index is 0. The standard InChI is InChI=1S/C15H22O3.H2O/c1-9-10-7-12-14(2,5-4-6-15(12,3)17)8-11(10)18-13(9)16;/h11-12,17H,4-8H2,1-3H3;1H2/t11-,12+,14+,15+;/m0./s1. The zero-order valence-corrected chi connectivity index (χ0v) is 12.0. The maximum Gasteiger partial charge on any atom is 0.334 e. The Morgan fingerprint density at radius 2 is 2.00 bits per heavy atom. The third-order valence-corrected chi connectivity index (χ3v) is 5.52. The summed E-state index contributed by atoms with van der Waals surface area (Å²) in [5.41, 5.74) is 1.44. The van der Waals surface area contributed by atoms with E-state index < -0.39 is 5.60 Å². The van der Waals surface area contributed by atoms with Crippen LogP contribution in [0.4, 0.5) is 0 Å². The van der Waals surface area contributed by atoms with Crippen molar-refractivity contribution in [2.75, 3.05) is 0 Å². The van der Waals surface area contributed by atoms with E-state index in [9.17, 15) is 9.90 Å². The van der Waals surface area contributed by atoms with E-state index in [1.807, 2.05) is 13.8 Å². The lowest BCUT2D eigenvalue weighted by atomic mass is 9.54. The Hall–Kier alpha value is -0.870. The molecule has 0 aromatic carbocycles. The molecule has 3 rings (SSSR count). The molecule has 0 amide bonds. The minimum Gasteiger partial charge on any atom is -0.454 e. The molecule has 0 bridgehead atoms. The summed E-state index contributed by atoms with van der Waals surface area (Å²) in [6.07, 6.45) is 4.76. The van der Waals surface area contributed by atoms with Gasteiger partial charge in [0.05, 0.1) is 5.60 Å². The molecule has 108 valence electrons. The van der Waals surface area contributed by atoms with Crippen molar-refractivity contribution in [2.24, 2.45) is 11.3 Å². The third-order valence-electron chi connectivity index (χ3n) is 5.52. The first-order chi connectivity index (χ1) is 8.33. The first kappa shape index (κ1) is 14.5. The van der Waals surface area contributed by atoms with Crippen LogP contribution in [0.3, 0.4) is 0 Å². The fourth-order valence-electron chi connectivity index (χ4n) is 4.41. The number of carbonyl (C=O) groups excluding carboxylic acids is 1. The smallest absolute Gasteiger partial charge is 0.334 e. The van der Waals surface area contributed by atoms with Gasteiger partial charge >= 0.3 is 5.97 Å². The first-order valence-electron chi connectivity index (χ1n) is 6.96. The zero-order chi connectivity index (χ0) is 13.1. The molecular weight excluding hydrogens is 244 g/mol. The Morgan fingerprint density at radius 3 is 2.68 bits per heavy atom. The molecule has 1 aliphatic heterocycles. The molecule has 2 saturated carbocycles. The summed E-state index contributed by atoms with van der Waals surface area (Å²) < 4.78 is 5.47. The molecule has 2 fully saturated rings. The van der Waals surface area contributed by atoms with E-state index in [1.54, 1.807) is 0 Å². The van der Waals surface area contributed by atoms with Crippen molar-refractivity contribution in [3.8, 4) is 0 Å². The van der Waals surface area contributed by atoms with Crippen molar-refractivity contribution in [2.45, 2.75) is 64.6 Å². The quantitative estimate of drug-likeness (QED) is 0.680. The topological polar surface area (TPSA) is 78.0 Å². The van der Waals surface area contributed by atoms with Gasteiger partial charge in [-0.2, -0.15) is 0 Å². The van der Waals surface area contributed by atoms with Crippen LogP contribution in [-0.4, -0.2) is 28.3 Å². The first-order valence-corrected chi connectivity index (χ1v) is 6.96. The predicted octanol–water partition coefficient (Wildman–Crippen LogP) is 1.75. The number of fused-ring (bicyclic) bond motifs is 2. The average molecular weight is 268 g/mol. The summed E-state index contributed by atoms with van der Waals surface area (Å²) in [6, 6.07) is 0. The SMILES string of the molecule is CC1=C2C[C@@H]3[C@](C)(CCC[C@@]3(C)O)C[C@@H]2OC1=O.O. The van der Waals surface area contributed by atoms with E-state index in [0.29, 0.717) is 0 Å². The summed E-state index contributed by atoms with van der Waals surface area (Å²) in [5, 5.41) is 10.7. The molecule has 1 heterocycles. The highest BCUT2D eigenvalue weighted by Gasteiger charge is 2.54. The minimum atomic E-state index is -0.600. The lowest BCUT2D eigenvalue weighted by Crippen LogP contribution is -2.52. The Bertz CT molecular complexity index is 437. The maximum atomic E-state index is 11.7. The molecule has 4 heteroatoms. The second kappa shape index (κ2) is 4.32. The molecular formula is C15H24O4. The highest BCUT2D eigenvalue weighted by molar-refractivity contribution is 5.91. The van der Waals surface area contributed by atoms with Crippen LogP contribution in [0.2, 0.25) is 0 Å². The van der Waals surface area contributed by atoms with Crippen LogP contribution in [-0.2, 0) is 9.53 Å². The molecule has 0 saturated heterocycles. The van der Waals surface area contributed by atoms with E-state index in [1.165, 1.54) is 0 Å². The van der Waals surface area contributed by atoms with Crippen molar-refractivity contribution in [3.63, 3.8) is 0 Å². The van der Waals surface area contributed by atoms with Crippen LogP contribution < -0.4 is 0 Å². The molecule has 0 aromatic heterocycles. The molecule has 0 radical (unpaired) electrons. The van der Waals surface area contributed by atoms with Gasteiger partial charge in [0.25, 0.3) is 0 Å². The van der Waals surface area contributed by atoms with E-state index in [4.69, 9.17) is 4.74 Å². The van der Waals surface area contributed by atoms with Crippen molar-refractivity contribution in [1.29, 1.82) is 0 Å². The molecule has 4 nitrogen and oxygen atoms in total. The number of carbonyl (C=O) groups is 1. The second-order valence-electron chi connectivity index (χ2n) is 6.87. The number of ether oxygens (including phenoxy) is 1. The van der Waals surface area contributed by atoms with Crippen LogP contribution in [0.5, 0.6) is 0 Å². The number of rotatable bonds is 0. The van der Waals surface area contributed by atoms with Gasteiger partial charge in [-0.1, -0.05) is 13.3 Å². The van der Waals surface area contributed by atoms with Crippen LogP contribution >= 0.6 is 0 Å². The Morgan fingerprint density at radius 1 is 1.32 bits per heavy atom. The summed E-state index contributed by atoms with van der Waals surface area (Å²) in [6.45, 7) is 6.07. The van der Waals surface area contributed by atoms with E-state index in [0.717, 1.165) is 43.3 Å². The highest BCUT2D eigenvalue weighted by Crippen LogP contribution is 2.57. The summed E-state index contributed by atoms with van der Waals surface area (Å²) in [7, 11) is 0. The van der Waals surface area contributed by atoms with Crippen LogP contribution in [0.25, 0.3) is 0 Å². The van der Waals surface area contributed by atoms with Crippen molar-refractivity contribution in [3.05, 3.63) is 11.1 Å². The van der Waals surface area contributed by atoms with Crippen molar-refractivity contribution in [1.82, 2.24) is 0 Å². The molecule has 0 unspecified atom stereocenters. The number of esters is 1. The zero-order valence-electron chi connectivity index (χ0n) is 12.0. The van der Waals surface area contributed by atoms with E-state index in [2.05, 4.69) is 6.92 Å². The average Bonchev–Trinajstić information content (AvgIpc) is 2.51. The summed E-state index contributed by atoms with van der Waals surface area (Å²) >= 11 is 0. The molecule has 0 spiro atoms. The van der Waals surface area contributed by atoms with Gasteiger partial charge in [-0.05, 0) is 56.4 Å². The fourth-order valence-corrected chi connectivity index (χ4v) is 4.41. The van der Waals surface area contributed by atoms with Gasteiger partial charge in [0, 0.05) is 5.57 Å². The van der Waals surface area contributed by atoms with Crippen LogP contribution in [0, 0.1) is 11.3 Å². The number of aliphatic hydroxyl groups is 1. The summed E-state index contributed by atoms with van der Waals surface area (Å²) in [5.74, 6) is 0.103. The Balaban J connectivity index is 0.00000133. The third kappa shape index (κ3) is 2.01. The normalized spacial score (nSPS) is 45.2. The van der Waals surface area contributed by atoms with Gasteiger partial charge in [0.2, 0.25) is 0 Å². The lowest BCUT2D eigenvalue weighted by molar-refractivity contribution is -0.147. The molecule has 2 aliphatic carbocycles. The van der Waals surface area contributed by atoms with Gasteiger partial charge in [-0.3, -0.25) is 0 Å². The molecule has 4 atom stereocenters. The monoisotopic (exact) mass is 268 g/mol. The largest absolute Gasteiger partial charge is 0.454 e. The van der Waals surface area contributed by atoms with Gasteiger partial charge in [-0.25, -0.2) is 4.79 Å².